The standard InChI is InChI=1S/C17H18N2O2S2/c1-11-7-8-22-15(11)10-19(2)16(20)9-14-17(21)18-12-5-3-4-6-13(12)23-14/h3-8,14H,9-10H2,1-2H3,(H,18,21)/t14-/m0/s1. The fraction of sp³-hybridized carbons (Fsp3) is 0.294. The molecule has 1 aliphatic rings. The lowest BCUT2D eigenvalue weighted by Crippen LogP contribution is -2.35. The highest BCUT2D eigenvalue weighted by atomic mass is 32.2. The van der Waals surface area contributed by atoms with E-state index in [1.807, 2.05) is 36.6 Å². The molecule has 2 amide bonds. The molecular weight excluding hydrogens is 328 g/mol. The highest BCUT2D eigenvalue weighted by molar-refractivity contribution is 8.01. The molecule has 1 aromatic carbocycles. The molecule has 0 fully saturated rings. The number of carbonyl (C=O) groups is 2. The molecule has 0 spiro atoms. The van der Waals surface area contributed by atoms with Crippen LogP contribution in [-0.2, 0) is 16.1 Å². The second kappa shape index (κ2) is 6.76. The molecule has 2 aromatic rings. The smallest absolute Gasteiger partial charge is 0.238 e. The number of nitrogens with zero attached hydrogens (tertiary/aromatic N) is 1. The molecule has 0 saturated carbocycles. The summed E-state index contributed by atoms with van der Waals surface area (Å²) in [5.41, 5.74) is 2.03. The second-order valence-corrected chi connectivity index (χ2v) is 7.82. The average molecular weight is 346 g/mol. The topological polar surface area (TPSA) is 49.4 Å². The number of thioether (sulfide) groups is 1. The van der Waals surface area contributed by atoms with E-state index in [2.05, 4.69) is 11.4 Å². The molecule has 120 valence electrons. The molecule has 2 heterocycles. The maximum absolute atomic E-state index is 12.4. The zero-order valence-electron chi connectivity index (χ0n) is 13.0. The minimum atomic E-state index is -0.371. The van der Waals surface area contributed by atoms with Crippen molar-refractivity contribution in [3.8, 4) is 0 Å². The van der Waals surface area contributed by atoms with Crippen LogP contribution in [0.4, 0.5) is 5.69 Å². The number of nitrogens with one attached hydrogen (secondary N) is 1. The van der Waals surface area contributed by atoms with Crippen LogP contribution in [-0.4, -0.2) is 29.0 Å². The summed E-state index contributed by atoms with van der Waals surface area (Å²) in [6.45, 7) is 2.64. The Morgan fingerprint density at radius 3 is 2.83 bits per heavy atom. The number of aryl methyl sites for hydroxylation is 1. The lowest BCUT2D eigenvalue weighted by Gasteiger charge is -2.25. The summed E-state index contributed by atoms with van der Waals surface area (Å²) in [5.74, 6) is -0.104. The van der Waals surface area contributed by atoms with Crippen LogP contribution in [0, 0.1) is 6.92 Å². The molecule has 0 saturated heterocycles. The Labute approximate surface area is 143 Å². The fourth-order valence-electron chi connectivity index (χ4n) is 2.41. The Morgan fingerprint density at radius 1 is 1.30 bits per heavy atom. The summed E-state index contributed by atoms with van der Waals surface area (Å²) in [4.78, 5) is 28.5. The van der Waals surface area contributed by atoms with Gasteiger partial charge >= 0.3 is 0 Å². The van der Waals surface area contributed by atoms with Crippen molar-refractivity contribution in [2.24, 2.45) is 0 Å². The van der Waals surface area contributed by atoms with Gasteiger partial charge in [0.1, 0.15) is 0 Å². The summed E-state index contributed by atoms with van der Waals surface area (Å²) < 4.78 is 0. The van der Waals surface area contributed by atoms with Crippen molar-refractivity contribution in [2.75, 3.05) is 12.4 Å². The van der Waals surface area contributed by atoms with Crippen molar-refractivity contribution in [1.29, 1.82) is 0 Å². The number of para-hydroxylation sites is 1. The van der Waals surface area contributed by atoms with Gasteiger partial charge in [0, 0.05) is 23.2 Å². The number of hydrogen-bond donors (Lipinski definition) is 1. The monoisotopic (exact) mass is 346 g/mol. The number of hydrogen-bond acceptors (Lipinski definition) is 4. The van der Waals surface area contributed by atoms with Gasteiger partial charge < -0.3 is 10.2 Å². The van der Waals surface area contributed by atoms with Crippen LogP contribution in [0.5, 0.6) is 0 Å². The van der Waals surface area contributed by atoms with Crippen LogP contribution < -0.4 is 5.32 Å². The molecule has 3 rings (SSSR count). The Balaban J connectivity index is 1.64. The van der Waals surface area contributed by atoms with Crippen LogP contribution in [0.25, 0.3) is 0 Å². The zero-order chi connectivity index (χ0) is 16.4. The van der Waals surface area contributed by atoms with Gasteiger partial charge in [-0.3, -0.25) is 9.59 Å². The molecule has 0 radical (unpaired) electrons. The van der Waals surface area contributed by atoms with Crippen molar-refractivity contribution in [3.63, 3.8) is 0 Å². The molecular formula is C17H18N2O2S2. The highest BCUT2D eigenvalue weighted by Crippen LogP contribution is 2.36. The van der Waals surface area contributed by atoms with E-state index in [4.69, 9.17) is 0 Å². The van der Waals surface area contributed by atoms with Gasteiger partial charge in [0.05, 0.1) is 17.5 Å². The summed E-state index contributed by atoms with van der Waals surface area (Å²) >= 11 is 3.12. The summed E-state index contributed by atoms with van der Waals surface area (Å²) in [7, 11) is 1.79. The van der Waals surface area contributed by atoms with Crippen LogP contribution in [0.3, 0.4) is 0 Å². The fourth-order valence-corrected chi connectivity index (χ4v) is 4.47. The molecule has 6 heteroatoms. The van der Waals surface area contributed by atoms with Gasteiger partial charge in [0.2, 0.25) is 11.8 Å². The van der Waals surface area contributed by atoms with E-state index in [-0.39, 0.29) is 23.5 Å². The van der Waals surface area contributed by atoms with Gasteiger partial charge in [-0.15, -0.1) is 23.1 Å². The minimum Gasteiger partial charge on any atom is -0.341 e. The van der Waals surface area contributed by atoms with Crippen molar-refractivity contribution in [1.82, 2.24) is 4.90 Å². The third-order valence-electron chi connectivity index (χ3n) is 3.84. The molecule has 1 aliphatic heterocycles. The van der Waals surface area contributed by atoms with Gasteiger partial charge in [-0.2, -0.15) is 0 Å². The first kappa shape index (κ1) is 16.1. The third kappa shape index (κ3) is 3.59. The zero-order valence-corrected chi connectivity index (χ0v) is 14.7. The quantitative estimate of drug-likeness (QED) is 0.921. The van der Waals surface area contributed by atoms with Crippen LogP contribution in [0.2, 0.25) is 0 Å². The average Bonchev–Trinajstić information content (AvgIpc) is 2.93. The molecule has 1 N–H and O–H groups in total. The number of rotatable bonds is 4. The van der Waals surface area contributed by atoms with E-state index in [1.54, 1.807) is 23.3 Å². The second-order valence-electron chi connectivity index (χ2n) is 5.57. The number of amides is 2. The first-order valence-corrected chi connectivity index (χ1v) is 9.14. The Bertz CT molecular complexity index is 742. The van der Waals surface area contributed by atoms with Crippen molar-refractivity contribution in [2.45, 2.75) is 30.0 Å². The maximum atomic E-state index is 12.4. The Kier molecular flexibility index (Phi) is 4.73. The van der Waals surface area contributed by atoms with E-state index in [9.17, 15) is 9.59 Å². The Morgan fingerprint density at radius 2 is 2.09 bits per heavy atom. The number of thiophene rings is 1. The predicted molar refractivity (Wildman–Crippen MR) is 94.9 cm³/mol. The lowest BCUT2D eigenvalue weighted by atomic mass is 10.2. The maximum Gasteiger partial charge on any atom is 0.238 e. The van der Waals surface area contributed by atoms with Crippen LogP contribution >= 0.6 is 23.1 Å². The van der Waals surface area contributed by atoms with Crippen molar-refractivity contribution >= 4 is 40.6 Å². The predicted octanol–water partition coefficient (Wildman–Crippen LogP) is 3.52. The number of fused-ring (bicyclic) bond motifs is 1. The van der Waals surface area contributed by atoms with Crippen molar-refractivity contribution in [3.05, 3.63) is 46.2 Å². The summed E-state index contributed by atoms with van der Waals surface area (Å²) in [6, 6.07) is 9.73. The first-order valence-electron chi connectivity index (χ1n) is 7.38. The van der Waals surface area contributed by atoms with E-state index >= 15 is 0 Å². The van der Waals surface area contributed by atoms with Crippen LogP contribution in [0.1, 0.15) is 16.9 Å². The highest BCUT2D eigenvalue weighted by Gasteiger charge is 2.29. The molecule has 23 heavy (non-hydrogen) atoms. The van der Waals surface area contributed by atoms with E-state index in [1.165, 1.54) is 22.2 Å². The molecule has 0 bridgehead atoms. The first-order chi connectivity index (χ1) is 11.0. The van der Waals surface area contributed by atoms with Gasteiger partial charge in [-0.25, -0.2) is 0 Å². The third-order valence-corrected chi connectivity index (χ3v) is 6.12. The molecule has 1 aromatic heterocycles. The number of carbonyl (C=O) groups excluding carboxylic acids is 2. The van der Waals surface area contributed by atoms with Gasteiger partial charge in [0.15, 0.2) is 0 Å². The van der Waals surface area contributed by atoms with Crippen LogP contribution in [0.15, 0.2) is 40.6 Å². The molecule has 0 unspecified atom stereocenters. The Hall–Kier alpha value is -1.79. The van der Waals surface area contributed by atoms with E-state index < -0.39 is 0 Å². The molecule has 1 atom stereocenters. The SMILES string of the molecule is Cc1ccsc1CN(C)C(=O)C[C@@H]1Sc2ccccc2NC1=O. The minimum absolute atomic E-state index is 0.00942. The summed E-state index contributed by atoms with van der Waals surface area (Å²) in [5, 5.41) is 4.54. The van der Waals surface area contributed by atoms with Gasteiger partial charge in [-0.05, 0) is 36.1 Å². The molecule has 0 aliphatic carbocycles. The summed E-state index contributed by atoms with van der Waals surface area (Å²) in [6.07, 6.45) is 0.214. The largest absolute Gasteiger partial charge is 0.341 e. The number of anilines is 1. The van der Waals surface area contributed by atoms with Gasteiger partial charge in [-0.1, -0.05) is 12.1 Å². The molecule has 4 nitrogen and oxygen atoms in total. The normalized spacial score (nSPS) is 16.6. The van der Waals surface area contributed by atoms with Crippen molar-refractivity contribution < 1.29 is 9.59 Å². The van der Waals surface area contributed by atoms with Gasteiger partial charge in [0.25, 0.3) is 0 Å². The van der Waals surface area contributed by atoms with E-state index in [0.29, 0.717) is 6.54 Å². The lowest BCUT2D eigenvalue weighted by molar-refractivity contribution is -0.131. The van der Waals surface area contributed by atoms with E-state index in [0.717, 1.165) is 10.6 Å². The number of benzene rings is 1.